The van der Waals surface area contributed by atoms with Gasteiger partial charge < -0.3 is 25.4 Å². The fourth-order valence-electron chi connectivity index (χ4n) is 3.46. The topological polar surface area (TPSA) is 94.1 Å². The number of aromatic hydroxyl groups is 1. The summed E-state index contributed by atoms with van der Waals surface area (Å²) in [6.07, 6.45) is 0. The summed E-state index contributed by atoms with van der Waals surface area (Å²) in [5.74, 6) is -0.137. The maximum absolute atomic E-state index is 12.3. The second-order valence-electron chi connectivity index (χ2n) is 6.71. The van der Waals surface area contributed by atoms with Crippen LogP contribution in [-0.4, -0.2) is 67.4 Å². The fourth-order valence-corrected chi connectivity index (χ4v) is 3.46. The average molecular weight is 374 g/mol. The zero-order valence-electron chi connectivity index (χ0n) is 15.7. The Labute approximate surface area is 158 Å². The first-order chi connectivity index (χ1) is 13.0. The second kappa shape index (κ2) is 8.30. The lowest BCUT2D eigenvalue weighted by molar-refractivity contribution is -0.139. The molecule has 0 aromatic heterocycles. The van der Waals surface area contributed by atoms with Crippen LogP contribution in [0.25, 0.3) is 0 Å². The fraction of sp³-hybridized carbons (Fsp3) is 0.474. The Kier molecular flexibility index (Phi) is 5.85. The molecule has 0 aliphatic carbocycles. The molecule has 1 aromatic rings. The Balaban J connectivity index is 1.66. The summed E-state index contributed by atoms with van der Waals surface area (Å²) in [4.78, 5) is 28.6. The molecule has 1 atom stereocenters. The Morgan fingerprint density at radius 1 is 1.22 bits per heavy atom. The van der Waals surface area contributed by atoms with Crippen molar-refractivity contribution >= 4 is 17.7 Å². The number of urea groups is 1. The van der Waals surface area contributed by atoms with Gasteiger partial charge in [0, 0.05) is 44.1 Å². The molecule has 1 aromatic carbocycles. The molecule has 0 saturated carbocycles. The van der Waals surface area contributed by atoms with E-state index in [0.29, 0.717) is 24.4 Å². The summed E-state index contributed by atoms with van der Waals surface area (Å²) in [5, 5.41) is 14.9. The van der Waals surface area contributed by atoms with E-state index in [1.165, 1.54) is 0 Å². The Morgan fingerprint density at radius 2 is 1.89 bits per heavy atom. The predicted octanol–water partition coefficient (Wildman–Crippen LogP) is 1.03. The number of hydrogen-bond donors (Lipinski definition) is 3. The molecule has 2 aliphatic heterocycles. The van der Waals surface area contributed by atoms with Crippen molar-refractivity contribution in [2.45, 2.75) is 19.9 Å². The number of carbonyl (C=O) groups is 2. The molecule has 0 bridgehead atoms. The van der Waals surface area contributed by atoms with E-state index in [1.54, 1.807) is 26.0 Å². The van der Waals surface area contributed by atoms with Gasteiger partial charge >= 0.3 is 12.0 Å². The van der Waals surface area contributed by atoms with Gasteiger partial charge in [0.15, 0.2) is 0 Å². The molecule has 2 amide bonds. The predicted molar refractivity (Wildman–Crippen MR) is 102 cm³/mol. The molecule has 8 heteroatoms. The summed E-state index contributed by atoms with van der Waals surface area (Å²) in [7, 11) is 0. The molecule has 1 unspecified atom stereocenters. The molecule has 0 radical (unpaired) electrons. The van der Waals surface area contributed by atoms with Crippen molar-refractivity contribution in [3.05, 3.63) is 35.5 Å². The van der Waals surface area contributed by atoms with Gasteiger partial charge in [0.05, 0.1) is 18.2 Å². The number of phenols is 1. The highest BCUT2D eigenvalue weighted by molar-refractivity contribution is 5.94. The zero-order valence-corrected chi connectivity index (χ0v) is 15.7. The number of nitrogens with one attached hydrogen (secondary N) is 2. The van der Waals surface area contributed by atoms with Gasteiger partial charge in [0.2, 0.25) is 0 Å². The van der Waals surface area contributed by atoms with Crippen LogP contribution < -0.4 is 15.5 Å². The summed E-state index contributed by atoms with van der Waals surface area (Å²) >= 11 is 0. The molecular weight excluding hydrogens is 348 g/mol. The van der Waals surface area contributed by atoms with E-state index in [1.807, 2.05) is 12.1 Å². The number of carbonyl (C=O) groups excluding carboxylic acids is 2. The third-order valence-electron chi connectivity index (χ3n) is 4.83. The van der Waals surface area contributed by atoms with E-state index in [0.717, 1.165) is 31.9 Å². The summed E-state index contributed by atoms with van der Waals surface area (Å²) in [6, 6.07) is 6.50. The Hall–Kier alpha value is -2.74. The van der Waals surface area contributed by atoms with Crippen molar-refractivity contribution in [2.75, 3.05) is 44.2 Å². The third kappa shape index (κ3) is 4.51. The van der Waals surface area contributed by atoms with E-state index < -0.39 is 5.97 Å². The van der Waals surface area contributed by atoms with Crippen molar-refractivity contribution in [1.82, 2.24) is 15.5 Å². The highest BCUT2D eigenvalue weighted by Crippen LogP contribution is 2.21. The molecule has 3 N–H and O–H groups in total. The molecule has 2 aliphatic rings. The second-order valence-corrected chi connectivity index (χ2v) is 6.71. The molecule has 1 saturated heterocycles. The first-order valence-electron chi connectivity index (χ1n) is 9.22. The normalized spacial score (nSPS) is 20.9. The number of phenolic OH excluding ortho intramolecular Hbond substituents is 1. The lowest BCUT2D eigenvalue weighted by atomic mass is 10.0. The van der Waals surface area contributed by atoms with Gasteiger partial charge in [-0.25, -0.2) is 9.59 Å². The van der Waals surface area contributed by atoms with Crippen LogP contribution in [0.1, 0.15) is 13.8 Å². The number of hydrogen-bond acceptors (Lipinski definition) is 6. The van der Waals surface area contributed by atoms with E-state index in [4.69, 9.17) is 4.74 Å². The van der Waals surface area contributed by atoms with Gasteiger partial charge in [-0.1, -0.05) is 0 Å². The average Bonchev–Trinajstić information content (AvgIpc) is 2.63. The minimum absolute atomic E-state index is 0.256. The Morgan fingerprint density at radius 3 is 2.52 bits per heavy atom. The van der Waals surface area contributed by atoms with Crippen molar-refractivity contribution in [2.24, 2.45) is 0 Å². The maximum Gasteiger partial charge on any atom is 0.337 e. The van der Waals surface area contributed by atoms with Gasteiger partial charge in [0.1, 0.15) is 5.75 Å². The number of benzene rings is 1. The molecule has 3 rings (SSSR count). The number of ether oxygens (including phenoxy) is 1. The van der Waals surface area contributed by atoms with Gasteiger partial charge in [0.25, 0.3) is 0 Å². The zero-order chi connectivity index (χ0) is 19.4. The van der Waals surface area contributed by atoms with Crippen LogP contribution in [0.15, 0.2) is 35.5 Å². The number of nitrogens with zero attached hydrogens (tertiary/aromatic N) is 2. The Bertz CT molecular complexity index is 724. The molecule has 27 heavy (non-hydrogen) atoms. The lowest BCUT2D eigenvalue weighted by Gasteiger charge is -2.37. The minimum Gasteiger partial charge on any atom is -0.508 e. The van der Waals surface area contributed by atoms with Crippen LogP contribution in [0.4, 0.5) is 10.5 Å². The van der Waals surface area contributed by atoms with Gasteiger partial charge in [-0.05, 0) is 38.1 Å². The van der Waals surface area contributed by atoms with Crippen LogP contribution >= 0.6 is 0 Å². The summed E-state index contributed by atoms with van der Waals surface area (Å²) in [6.45, 7) is 7.60. The number of esters is 1. The number of piperazine rings is 1. The largest absolute Gasteiger partial charge is 0.508 e. The van der Waals surface area contributed by atoms with Crippen molar-refractivity contribution in [1.29, 1.82) is 0 Å². The number of rotatable bonds is 5. The smallest absolute Gasteiger partial charge is 0.337 e. The van der Waals surface area contributed by atoms with Gasteiger partial charge in [-0.3, -0.25) is 4.90 Å². The van der Waals surface area contributed by atoms with Crippen LogP contribution in [0, 0.1) is 0 Å². The minimum atomic E-state index is -0.393. The number of amides is 2. The first kappa shape index (κ1) is 19.0. The van der Waals surface area contributed by atoms with Crippen LogP contribution in [-0.2, 0) is 9.53 Å². The van der Waals surface area contributed by atoms with Crippen molar-refractivity contribution in [3.8, 4) is 5.75 Å². The highest BCUT2D eigenvalue weighted by atomic mass is 16.5. The van der Waals surface area contributed by atoms with Gasteiger partial charge in [-0.15, -0.1) is 0 Å². The maximum atomic E-state index is 12.3. The summed E-state index contributed by atoms with van der Waals surface area (Å²) in [5.41, 5.74) is 2.17. The third-order valence-corrected chi connectivity index (χ3v) is 4.83. The van der Waals surface area contributed by atoms with Crippen molar-refractivity contribution < 1.29 is 19.4 Å². The highest BCUT2D eigenvalue weighted by Gasteiger charge is 2.31. The molecule has 1 fully saturated rings. The van der Waals surface area contributed by atoms with E-state index in [9.17, 15) is 14.7 Å². The molecule has 8 nitrogen and oxygen atoms in total. The summed E-state index contributed by atoms with van der Waals surface area (Å²) < 4.78 is 5.16. The van der Waals surface area contributed by atoms with E-state index in [-0.39, 0.29) is 17.8 Å². The van der Waals surface area contributed by atoms with Gasteiger partial charge in [-0.2, -0.15) is 0 Å². The first-order valence-corrected chi connectivity index (χ1v) is 9.22. The van der Waals surface area contributed by atoms with Crippen LogP contribution in [0.5, 0.6) is 5.75 Å². The quantitative estimate of drug-likeness (QED) is 0.667. The molecule has 146 valence electrons. The van der Waals surface area contributed by atoms with Crippen LogP contribution in [0.2, 0.25) is 0 Å². The van der Waals surface area contributed by atoms with E-state index >= 15 is 0 Å². The standard InChI is InChI=1S/C19H26N4O4/c1-3-27-18(25)17-13(2)20-19(26)21-16(17)12-22-8-10-23(11-9-22)14-4-6-15(24)7-5-14/h4-7,13,24H,3,8-12H2,1-2H3,(H2,20,21,26). The number of anilines is 1. The lowest BCUT2D eigenvalue weighted by Crippen LogP contribution is -2.53. The molecular formula is C19H26N4O4. The van der Waals surface area contributed by atoms with Crippen molar-refractivity contribution in [3.63, 3.8) is 0 Å². The van der Waals surface area contributed by atoms with Crippen LogP contribution in [0.3, 0.4) is 0 Å². The monoisotopic (exact) mass is 374 g/mol. The molecule has 0 spiro atoms. The van der Waals surface area contributed by atoms with E-state index in [2.05, 4.69) is 20.4 Å². The SMILES string of the molecule is CCOC(=O)C1=C(CN2CCN(c3ccc(O)cc3)CC2)NC(=O)NC1C. The molecule has 2 heterocycles.